The number of nitrogens with zero attached hydrogens (tertiary/aromatic N) is 1. The minimum absolute atomic E-state index is 0.202. The number of hydrogen-bond donors (Lipinski definition) is 2. The molecule has 1 aromatic heterocycles. The zero-order chi connectivity index (χ0) is 26.2. The number of benzene rings is 2. The van der Waals surface area contributed by atoms with Crippen LogP contribution < -0.4 is 9.47 Å². The molecule has 1 aliphatic heterocycles. The van der Waals surface area contributed by atoms with E-state index in [1.165, 1.54) is 12.8 Å². The van der Waals surface area contributed by atoms with Crippen LogP contribution >= 0.6 is 0 Å². The summed E-state index contributed by atoms with van der Waals surface area (Å²) in [6, 6.07) is 13.5. The van der Waals surface area contributed by atoms with E-state index in [-0.39, 0.29) is 6.04 Å². The van der Waals surface area contributed by atoms with Gasteiger partial charge in [0.25, 0.3) is 0 Å². The maximum atomic E-state index is 12.6. The Morgan fingerprint density at radius 1 is 1.00 bits per heavy atom. The minimum atomic E-state index is -0.768. The SMILES string of the molecule is CCCCCCOc1ccc([C@H]2c3[nH]c4ccccc4c3C[C@@H](C(=O)O)N2CCCCCC)cc1OC. The number of fused-ring (bicyclic) bond motifs is 3. The number of H-pyrrole nitrogens is 1. The molecule has 4 rings (SSSR count). The molecule has 3 aromatic rings. The second-order valence-corrected chi connectivity index (χ2v) is 10.1. The highest BCUT2D eigenvalue weighted by molar-refractivity contribution is 5.87. The monoisotopic (exact) mass is 506 g/mol. The molecule has 0 amide bonds. The van der Waals surface area contributed by atoms with Crippen LogP contribution in [0.5, 0.6) is 11.5 Å². The lowest BCUT2D eigenvalue weighted by atomic mass is 9.87. The number of ether oxygens (including phenoxy) is 2. The van der Waals surface area contributed by atoms with E-state index in [1.807, 2.05) is 24.3 Å². The average Bonchev–Trinajstić information content (AvgIpc) is 3.28. The first-order valence-electron chi connectivity index (χ1n) is 14.0. The number of carbonyl (C=O) groups is 1. The molecule has 0 fully saturated rings. The standard InChI is InChI=1S/C31H42N2O4/c1-4-6-8-12-18-33-26(31(34)35)21-24-23-14-10-11-15-25(23)32-29(24)30(33)22-16-17-27(28(20-22)36-3)37-19-13-9-7-5-2/h10-11,14-17,20,26,30,32H,4-9,12-13,18-19,21H2,1-3H3,(H,34,35)/t26-,30-/m0/s1. The molecule has 0 bridgehead atoms. The summed E-state index contributed by atoms with van der Waals surface area (Å²) in [4.78, 5) is 18.4. The number of aliphatic carboxylic acids is 1. The quantitative estimate of drug-likeness (QED) is 0.228. The zero-order valence-corrected chi connectivity index (χ0v) is 22.6. The van der Waals surface area contributed by atoms with Crippen LogP contribution in [-0.4, -0.2) is 47.3 Å². The van der Waals surface area contributed by atoms with Gasteiger partial charge in [-0.25, -0.2) is 0 Å². The van der Waals surface area contributed by atoms with E-state index in [1.54, 1.807) is 7.11 Å². The molecule has 0 saturated heterocycles. The largest absolute Gasteiger partial charge is 0.493 e. The third-order valence-corrected chi connectivity index (χ3v) is 7.56. The second kappa shape index (κ2) is 13.0. The Balaban J connectivity index is 1.71. The number of nitrogens with one attached hydrogen (secondary N) is 1. The molecule has 37 heavy (non-hydrogen) atoms. The predicted octanol–water partition coefficient (Wildman–Crippen LogP) is 7.12. The van der Waals surface area contributed by atoms with Crippen LogP contribution in [0.1, 0.15) is 88.1 Å². The Morgan fingerprint density at radius 3 is 2.49 bits per heavy atom. The molecule has 2 heterocycles. The van der Waals surface area contributed by atoms with Crippen LogP contribution in [0, 0.1) is 0 Å². The van der Waals surface area contributed by atoms with Gasteiger partial charge in [-0.15, -0.1) is 0 Å². The molecule has 0 unspecified atom stereocenters. The van der Waals surface area contributed by atoms with E-state index in [2.05, 4.69) is 41.9 Å². The van der Waals surface area contributed by atoms with Crippen LogP contribution in [0.4, 0.5) is 0 Å². The highest BCUT2D eigenvalue weighted by atomic mass is 16.5. The van der Waals surface area contributed by atoms with Crippen molar-refractivity contribution in [2.75, 3.05) is 20.3 Å². The van der Waals surface area contributed by atoms with Gasteiger partial charge in [-0.1, -0.05) is 76.6 Å². The summed E-state index contributed by atoms with van der Waals surface area (Å²) in [6.45, 7) is 5.79. The van der Waals surface area contributed by atoms with Crippen molar-refractivity contribution in [3.05, 3.63) is 59.3 Å². The van der Waals surface area contributed by atoms with Gasteiger partial charge in [0.2, 0.25) is 0 Å². The van der Waals surface area contributed by atoms with E-state index in [0.717, 1.165) is 78.5 Å². The Hall–Kier alpha value is -2.99. The van der Waals surface area contributed by atoms with Crippen LogP contribution in [-0.2, 0) is 11.2 Å². The first-order valence-corrected chi connectivity index (χ1v) is 14.0. The van der Waals surface area contributed by atoms with Crippen molar-refractivity contribution in [3.8, 4) is 11.5 Å². The number of hydrogen-bond acceptors (Lipinski definition) is 4. The third kappa shape index (κ3) is 6.12. The lowest BCUT2D eigenvalue weighted by Crippen LogP contribution is -2.49. The number of para-hydroxylation sites is 1. The van der Waals surface area contributed by atoms with Crippen LogP contribution in [0.3, 0.4) is 0 Å². The van der Waals surface area contributed by atoms with Crippen LogP contribution in [0.25, 0.3) is 10.9 Å². The fourth-order valence-corrected chi connectivity index (χ4v) is 5.61. The van der Waals surface area contributed by atoms with Crippen molar-refractivity contribution in [1.82, 2.24) is 9.88 Å². The number of rotatable bonds is 14. The number of carboxylic acids is 1. The molecule has 2 atom stereocenters. The number of methoxy groups -OCH3 is 1. The zero-order valence-electron chi connectivity index (χ0n) is 22.6. The van der Waals surface area contributed by atoms with Gasteiger partial charge >= 0.3 is 5.97 Å². The molecular formula is C31H42N2O4. The molecule has 200 valence electrons. The highest BCUT2D eigenvalue weighted by Gasteiger charge is 2.40. The summed E-state index contributed by atoms with van der Waals surface area (Å²) in [5.74, 6) is 0.657. The van der Waals surface area contributed by atoms with Crippen molar-refractivity contribution in [2.24, 2.45) is 0 Å². The summed E-state index contributed by atoms with van der Waals surface area (Å²) in [6.07, 6.45) is 9.46. The summed E-state index contributed by atoms with van der Waals surface area (Å²) >= 11 is 0. The van der Waals surface area contributed by atoms with Crippen molar-refractivity contribution in [1.29, 1.82) is 0 Å². The minimum Gasteiger partial charge on any atom is -0.493 e. The van der Waals surface area contributed by atoms with Gasteiger partial charge in [-0.05, 0) is 48.7 Å². The van der Waals surface area contributed by atoms with Crippen molar-refractivity contribution in [3.63, 3.8) is 0 Å². The van der Waals surface area contributed by atoms with Gasteiger partial charge in [0, 0.05) is 23.0 Å². The van der Waals surface area contributed by atoms with Crippen molar-refractivity contribution >= 4 is 16.9 Å². The Kier molecular flexibility index (Phi) is 9.51. The predicted molar refractivity (Wildman–Crippen MR) is 149 cm³/mol. The molecule has 6 heteroatoms. The molecule has 0 spiro atoms. The molecule has 6 nitrogen and oxygen atoms in total. The van der Waals surface area contributed by atoms with E-state index in [4.69, 9.17) is 9.47 Å². The first-order chi connectivity index (χ1) is 18.1. The van der Waals surface area contributed by atoms with E-state index >= 15 is 0 Å². The van der Waals surface area contributed by atoms with Gasteiger partial charge in [0.1, 0.15) is 6.04 Å². The fraction of sp³-hybridized carbons (Fsp3) is 0.516. The topological polar surface area (TPSA) is 74.8 Å². The number of aromatic amines is 1. The van der Waals surface area contributed by atoms with Crippen LogP contribution in [0.15, 0.2) is 42.5 Å². The lowest BCUT2D eigenvalue weighted by molar-refractivity contribution is -0.144. The second-order valence-electron chi connectivity index (χ2n) is 10.1. The first kappa shape index (κ1) is 27.1. The maximum Gasteiger partial charge on any atom is 0.321 e. The summed E-state index contributed by atoms with van der Waals surface area (Å²) in [5.41, 5.74) is 4.26. The van der Waals surface area contributed by atoms with E-state index < -0.39 is 12.0 Å². The fourth-order valence-electron chi connectivity index (χ4n) is 5.61. The molecule has 1 aliphatic rings. The van der Waals surface area contributed by atoms with E-state index in [9.17, 15) is 9.90 Å². The number of carboxylic acid groups (broad SMARTS) is 1. The van der Waals surface area contributed by atoms with Crippen molar-refractivity contribution < 1.29 is 19.4 Å². The molecule has 0 radical (unpaired) electrons. The number of unbranched alkanes of at least 4 members (excludes halogenated alkanes) is 6. The van der Waals surface area contributed by atoms with Gasteiger partial charge in [-0.3, -0.25) is 9.69 Å². The molecule has 0 saturated carbocycles. The smallest absolute Gasteiger partial charge is 0.321 e. The molecule has 0 aliphatic carbocycles. The van der Waals surface area contributed by atoms with Crippen LogP contribution in [0.2, 0.25) is 0 Å². The normalized spacial score (nSPS) is 17.6. The van der Waals surface area contributed by atoms with Gasteiger partial charge in [-0.2, -0.15) is 0 Å². The van der Waals surface area contributed by atoms with Gasteiger partial charge < -0.3 is 19.6 Å². The third-order valence-electron chi connectivity index (χ3n) is 7.56. The van der Waals surface area contributed by atoms with E-state index in [0.29, 0.717) is 18.8 Å². The maximum absolute atomic E-state index is 12.6. The summed E-state index contributed by atoms with van der Waals surface area (Å²) in [7, 11) is 1.67. The summed E-state index contributed by atoms with van der Waals surface area (Å²) < 4.78 is 11.8. The lowest BCUT2D eigenvalue weighted by Gasteiger charge is -2.40. The highest BCUT2D eigenvalue weighted by Crippen LogP contribution is 2.43. The Labute approximate surface area is 221 Å². The molecular weight excluding hydrogens is 464 g/mol. The Bertz CT molecular complexity index is 1170. The Morgan fingerprint density at radius 2 is 1.76 bits per heavy atom. The van der Waals surface area contributed by atoms with Gasteiger partial charge in [0.05, 0.1) is 19.8 Å². The van der Waals surface area contributed by atoms with Gasteiger partial charge in [0.15, 0.2) is 11.5 Å². The summed E-state index contributed by atoms with van der Waals surface area (Å²) in [5, 5.41) is 11.4. The van der Waals surface area contributed by atoms with Crippen molar-refractivity contribution in [2.45, 2.75) is 83.7 Å². The average molecular weight is 507 g/mol. The molecule has 2 N–H and O–H groups in total. The number of aromatic nitrogens is 1. The molecule has 2 aromatic carbocycles.